The Hall–Kier alpha value is -0.680. The van der Waals surface area contributed by atoms with Crippen molar-refractivity contribution in [3.05, 3.63) is 5.69 Å². The third-order valence-corrected chi connectivity index (χ3v) is 4.80. The van der Waals surface area contributed by atoms with Crippen molar-refractivity contribution in [3.63, 3.8) is 0 Å². The average Bonchev–Trinajstić information content (AvgIpc) is 2.77. The monoisotopic (exact) mass is 282 g/mol. The zero-order chi connectivity index (χ0) is 13.9. The molecule has 2 heterocycles. The van der Waals surface area contributed by atoms with Gasteiger partial charge in [0.1, 0.15) is 10.7 Å². The summed E-state index contributed by atoms with van der Waals surface area (Å²) in [5.41, 5.74) is 1.56. The molecule has 1 aliphatic rings. The van der Waals surface area contributed by atoms with Crippen molar-refractivity contribution in [2.24, 2.45) is 11.3 Å². The number of hydrogen-bond acceptors (Lipinski definition) is 5. The number of hydrogen-bond donors (Lipinski definition) is 1. The fourth-order valence-electron chi connectivity index (χ4n) is 2.78. The van der Waals surface area contributed by atoms with Gasteiger partial charge in [-0.05, 0) is 44.2 Å². The van der Waals surface area contributed by atoms with E-state index in [2.05, 4.69) is 47.5 Å². The normalized spacial score (nSPS) is 18.7. The molecule has 0 aliphatic carbocycles. The van der Waals surface area contributed by atoms with Crippen LogP contribution in [-0.2, 0) is 6.54 Å². The largest absolute Gasteiger partial charge is 0.374 e. The van der Waals surface area contributed by atoms with E-state index in [1.807, 2.05) is 0 Å². The highest BCUT2D eigenvalue weighted by atomic mass is 32.1. The van der Waals surface area contributed by atoms with Crippen LogP contribution in [0, 0.1) is 11.3 Å². The van der Waals surface area contributed by atoms with E-state index in [0.29, 0.717) is 5.41 Å². The van der Waals surface area contributed by atoms with Crippen LogP contribution in [0.4, 0.5) is 5.00 Å². The molecular weight excluding hydrogens is 256 g/mol. The van der Waals surface area contributed by atoms with E-state index in [-0.39, 0.29) is 0 Å². The quantitative estimate of drug-likeness (QED) is 0.920. The van der Waals surface area contributed by atoms with Gasteiger partial charge in [0.15, 0.2) is 0 Å². The van der Waals surface area contributed by atoms with Gasteiger partial charge < -0.3 is 5.32 Å². The molecule has 19 heavy (non-hydrogen) atoms. The van der Waals surface area contributed by atoms with Gasteiger partial charge in [-0.3, -0.25) is 4.90 Å². The van der Waals surface area contributed by atoms with Gasteiger partial charge >= 0.3 is 0 Å². The van der Waals surface area contributed by atoms with Crippen LogP contribution in [0.2, 0.25) is 0 Å². The Morgan fingerprint density at radius 2 is 2.00 bits per heavy atom. The molecule has 2 rings (SSSR count). The average molecular weight is 282 g/mol. The van der Waals surface area contributed by atoms with Crippen LogP contribution in [0.3, 0.4) is 0 Å². The fraction of sp³-hybridized carbons (Fsp3) is 0.857. The number of aromatic nitrogens is 2. The molecule has 0 bridgehead atoms. The van der Waals surface area contributed by atoms with E-state index in [0.717, 1.165) is 29.7 Å². The summed E-state index contributed by atoms with van der Waals surface area (Å²) in [4.78, 5) is 2.51. The van der Waals surface area contributed by atoms with Crippen molar-refractivity contribution in [1.82, 2.24) is 14.5 Å². The van der Waals surface area contributed by atoms with E-state index >= 15 is 0 Å². The Labute approximate surface area is 120 Å². The molecule has 1 saturated heterocycles. The second-order valence-electron chi connectivity index (χ2n) is 6.50. The lowest BCUT2D eigenvalue weighted by Gasteiger charge is -2.38. The van der Waals surface area contributed by atoms with Crippen LogP contribution in [0.5, 0.6) is 0 Å². The Bertz CT molecular complexity index is 388. The van der Waals surface area contributed by atoms with Crippen molar-refractivity contribution in [1.29, 1.82) is 0 Å². The van der Waals surface area contributed by atoms with Crippen LogP contribution >= 0.6 is 11.5 Å². The maximum atomic E-state index is 4.26. The molecule has 0 aromatic carbocycles. The number of nitrogens with one attached hydrogen (secondary N) is 1. The Balaban J connectivity index is 1.87. The number of piperidine rings is 1. The summed E-state index contributed by atoms with van der Waals surface area (Å²) in [7, 11) is 0. The SMILES string of the molecule is CCNc1snnc1CN1CCC(C(C)(C)C)CC1. The highest BCUT2D eigenvalue weighted by molar-refractivity contribution is 7.10. The molecule has 0 radical (unpaired) electrons. The lowest BCUT2D eigenvalue weighted by molar-refractivity contribution is 0.107. The van der Waals surface area contributed by atoms with Gasteiger partial charge in [0.05, 0.1) is 0 Å². The van der Waals surface area contributed by atoms with Crippen molar-refractivity contribution >= 4 is 16.5 Å². The molecule has 4 nitrogen and oxygen atoms in total. The fourth-order valence-corrected chi connectivity index (χ4v) is 3.42. The maximum absolute atomic E-state index is 4.26. The minimum atomic E-state index is 0.448. The van der Waals surface area contributed by atoms with Gasteiger partial charge in [-0.1, -0.05) is 25.3 Å². The molecule has 1 aromatic heterocycles. The molecule has 0 amide bonds. The summed E-state index contributed by atoms with van der Waals surface area (Å²) >= 11 is 1.47. The van der Waals surface area contributed by atoms with Crippen LogP contribution in [-0.4, -0.2) is 34.1 Å². The molecule has 1 aliphatic heterocycles. The summed E-state index contributed by atoms with van der Waals surface area (Å²) < 4.78 is 4.06. The van der Waals surface area contributed by atoms with Crippen LogP contribution in [0.25, 0.3) is 0 Å². The molecule has 5 heteroatoms. The lowest BCUT2D eigenvalue weighted by Crippen LogP contribution is -2.37. The first-order chi connectivity index (χ1) is 9.00. The van der Waals surface area contributed by atoms with E-state index in [1.54, 1.807) is 0 Å². The van der Waals surface area contributed by atoms with Crippen LogP contribution < -0.4 is 5.32 Å². The highest BCUT2D eigenvalue weighted by Crippen LogP contribution is 2.34. The maximum Gasteiger partial charge on any atom is 0.134 e. The summed E-state index contributed by atoms with van der Waals surface area (Å²) in [5.74, 6) is 0.852. The molecule has 0 spiro atoms. The minimum Gasteiger partial charge on any atom is -0.374 e. The first-order valence-corrected chi connectivity index (χ1v) is 8.05. The molecule has 0 unspecified atom stereocenters. The lowest BCUT2D eigenvalue weighted by atomic mass is 9.75. The first-order valence-electron chi connectivity index (χ1n) is 7.28. The first kappa shape index (κ1) is 14.7. The smallest absolute Gasteiger partial charge is 0.134 e. The predicted octanol–water partition coefficient (Wildman–Crippen LogP) is 3.23. The van der Waals surface area contributed by atoms with Gasteiger partial charge in [-0.2, -0.15) is 0 Å². The highest BCUT2D eigenvalue weighted by Gasteiger charge is 2.29. The molecule has 0 saturated carbocycles. The second kappa shape index (κ2) is 6.18. The van der Waals surface area contributed by atoms with Crippen molar-refractivity contribution in [3.8, 4) is 0 Å². The predicted molar refractivity (Wildman–Crippen MR) is 81.5 cm³/mol. The number of anilines is 1. The molecule has 1 aromatic rings. The Kier molecular flexibility index (Phi) is 4.79. The van der Waals surface area contributed by atoms with E-state index in [9.17, 15) is 0 Å². The molecule has 1 N–H and O–H groups in total. The Morgan fingerprint density at radius 1 is 1.32 bits per heavy atom. The number of likely N-dealkylation sites (tertiary alicyclic amines) is 1. The van der Waals surface area contributed by atoms with E-state index < -0.39 is 0 Å². The molecule has 108 valence electrons. The standard InChI is InChI=1S/C14H26N4S/c1-5-15-13-12(16-17-19-13)10-18-8-6-11(7-9-18)14(2,3)4/h11,15H,5-10H2,1-4H3. The Morgan fingerprint density at radius 3 is 2.58 bits per heavy atom. The summed E-state index contributed by atoms with van der Waals surface area (Å²) in [5, 5.41) is 8.75. The minimum absolute atomic E-state index is 0.448. The summed E-state index contributed by atoms with van der Waals surface area (Å²) in [6.07, 6.45) is 2.61. The number of nitrogens with zero attached hydrogens (tertiary/aromatic N) is 3. The van der Waals surface area contributed by atoms with Crippen LogP contribution in [0.1, 0.15) is 46.2 Å². The molecule has 0 atom stereocenters. The number of rotatable bonds is 4. The van der Waals surface area contributed by atoms with E-state index in [4.69, 9.17) is 0 Å². The molecule has 1 fully saturated rings. The van der Waals surface area contributed by atoms with Crippen molar-refractivity contribution in [2.75, 3.05) is 25.0 Å². The zero-order valence-electron chi connectivity index (χ0n) is 12.6. The van der Waals surface area contributed by atoms with Gasteiger partial charge in [0.25, 0.3) is 0 Å². The van der Waals surface area contributed by atoms with E-state index in [1.165, 1.54) is 37.5 Å². The van der Waals surface area contributed by atoms with Gasteiger partial charge in [-0.25, -0.2) is 0 Å². The second-order valence-corrected chi connectivity index (χ2v) is 7.25. The summed E-state index contributed by atoms with van der Waals surface area (Å²) in [6, 6.07) is 0. The molecular formula is C14H26N4S. The third-order valence-electron chi connectivity index (χ3n) is 4.08. The van der Waals surface area contributed by atoms with Crippen molar-refractivity contribution in [2.45, 2.75) is 47.1 Å². The van der Waals surface area contributed by atoms with Gasteiger partial charge in [0.2, 0.25) is 0 Å². The third kappa shape index (κ3) is 3.89. The van der Waals surface area contributed by atoms with Crippen molar-refractivity contribution < 1.29 is 0 Å². The van der Waals surface area contributed by atoms with Crippen LogP contribution in [0.15, 0.2) is 0 Å². The topological polar surface area (TPSA) is 41.1 Å². The van der Waals surface area contributed by atoms with Gasteiger partial charge in [-0.15, -0.1) is 5.10 Å². The summed E-state index contributed by atoms with van der Waals surface area (Å²) in [6.45, 7) is 13.4. The zero-order valence-corrected chi connectivity index (χ0v) is 13.4. The van der Waals surface area contributed by atoms with Gasteiger partial charge in [0, 0.05) is 24.6 Å².